The van der Waals surface area contributed by atoms with E-state index in [0.29, 0.717) is 11.3 Å². The predicted molar refractivity (Wildman–Crippen MR) is 81.1 cm³/mol. The quantitative estimate of drug-likeness (QED) is 0.921. The van der Waals surface area contributed by atoms with Crippen LogP contribution in [0.5, 0.6) is 0 Å². The maximum absolute atomic E-state index is 6.30. The van der Waals surface area contributed by atoms with Crippen LogP contribution >= 0.6 is 11.3 Å². The molecule has 2 unspecified atom stereocenters. The second-order valence-electron chi connectivity index (χ2n) is 6.16. The Bertz CT molecular complexity index is 559. The third-order valence-corrected chi connectivity index (χ3v) is 5.01. The van der Waals surface area contributed by atoms with Gasteiger partial charge in [0.1, 0.15) is 0 Å². The molecule has 3 rings (SSSR count). The van der Waals surface area contributed by atoms with Crippen LogP contribution in [0.4, 0.5) is 0 Å². The van der Waals surface area contributed by atoms with E-state index in [-0.39, 0.29) is 6.04 Å². The maximum Gasteiger partial charge on any atom is 0.0948 e. The molecule has 1 aromatic heterocycles. The Morgan fingerprint density at radius 1 is 1.37 bits per heavy atom. The molecular formula is C16H20N2S. The zero-order chi connectivity index (χ0) is 13.5. The minimum atomic E-state index is 0.254. The third kappa shape index (κ3) is 2.72. The topological polar surface area (TPSA) is 38.9 Å². The van der Waals surface area contributed by atoms with E-state index in [1.807, 2.05) is 18.2 Å². The molecule has 2 N–H and O–H groups in total. The van der Waals surface area contributed by atoms with Gasteiger partial charge in [-0.15, -0.1) is 11.3 Å². The lowest BCUT2D eigenvalue weighted by atomic mass is 10.0. The second-order valence-corrected chi connectivity index (χ2v) is 7.10. The lowest BCUT2D eigenvalue weighted by molar-refractivity contribution is 0.476. The molecule has 1 aromatic carbocycles. The standard InChI is InChI=1S/C16H20N2S/c1-16(2)9-12(16)13(17)8-15-18-14(10-19-15)11-6-4-3-5-7-11/h3-7,10,12-13H,8-9,17H2,1-2H3. The maximum atomic E-state index is 6.30. The van der Waals surface area contributed by atoms with Gasteiger partial charge in [-0.3, -0.25) is 0 Å². The molecule has 19 heavy (non-hydrogen) atoms. The van der Waals surface area contributed by atoms with Crippen molar-refractivity contribution >= 4 is 11.3 Å². The van der Waals surface area contributed by atoms with E-state index in [1.165, 1.54) is 12.0 Å². The van der Waals surface area contributed by atoms with Crippen molar-refractivity contribution < 1.29 is 0 Å². The molecule has 2 aromatic rings. The number of nitrogens with zero attached hydrogens (tertiary/aromatic N) is 1. The van der Waals surface area contributed by atoms with Crippen molar-refractivity contribution in [2.24, 2.45) is 17.1 Å². The fraction of sp³-hybridized carbons (Fsp3) is 0.438. The van der Waals surface area contributed by atoms with E-state index in [0.717, 1.165) is 17.1 Å². The number of nitrogens with two attached hydrogens (primary N) is 1. The van der Waals surface area contributed by atoms with Crippen molar-refractivity contribution in [2.75, 3.05) is 0 Å². The first kappa shape index (κ1) is 12.8. The van der Waals surface area contributed by atoms with Gasteiger partial charge in [0.15, 0.2) is 0 Å². The second kappa shape index (κ2) is 4.73. The highest BCUT2D eigenvalue weighted by atomic mass is 32.1. The van der Waals surface area contributed by atoms with Gasteiger partial charge in [-0.2, -0.15) is 0 Å². The molecule has 0 saturated heterocycles. The largest absolute Gasteiger partial charge is 0.327 e. The summed E-state index contributed by atoms with van der Waals surface area (Å²) in [5.41, 5.74) is 9.00. The summed E-state index contributed by atoms with van der Waals surface area (Å²) in [5.74, 6) is 0.663. The van der Waals surface area contributed by atoms with Crippen LogP contribution in [0.15, 0.2) is 35.7 Å². The highest BCUT2D eigenvalue weighted by molar-refractivity contribution is 7.09. The molecule has 1 aliphatic carbocycles. The summed E-state index contributed by atoms with van der Waals surface area (Å²) < 4.78 is 0. The van der Waals surface area contributed by atoms with Crippen molar-refractivity contribution in [3.8, 4) is 11.3 Å². The first-order valence-electron chi connectivity index (χ1n) is 6.82. The first-order valence-corrected chi connectivity index (χ1v) is 7.69. The van der Waals surface area contributed by atoms with E-state index in [1.54, 1.807) is 11.3 Å². The predicted octanol–water partition coefficient (Wildman–Crippen LogP) is 3.73. The molecule has 1 fully saturated rings. The Morgan fingerprint density at radius 3 is 2.68 bits per heavy atom. The van der Waals surface area contributed by atoms with Gasteiger partial charge >= 0.3 is 0 Å². The van der Waals surface area contributed by atoms with E-state index in [4.69, 9.17) is 10.7 Å². The van der Waals surface area contributed by atoms with Gasteiger partial charge < -0.3 is 5.73 Å². The summed E-state index contributed by atoms with van der Waals surface area (Å²) in [6.45, 7) is 4.60. The zero-order valence-corrected chi connectivity index (χ0v) is 12.3. The molecule has 0 aliphatic heterocycles. The summed E-state index contributed by atoms with van der Waals surface area (Å²) >= 11 is 1.73. The Morgan fingerprint density at radius 2 is 2.05 bits per heavy atom. The highest BCUT2D eigenvalue weighted by Crippen LogP contribution is 2.53. The molecular weight excluding hydrogens is 252 g/mol. The summed E-state index contributed by atoms with van der Waals surface area (Å²) in [6, 6.07) is 10.6. The molecule has 1 heterocycles. The molecule has 2 nitrogen and oxygen atoms in total. The van der Waals surface area contributed by atoms with E-state index < -0.39 is 0 Å². The van der Waals surface area contributed by atoms with Crippen molar-refractivity contribution in [3.63, 3.8) is 0 Å². The molecule has 0 bridgehead atoms. The fourth-order valence-electron chi connectivity index (χ4n) is 2.73. The van der Waals surface area contributed by atoms with Gasteiger partial charge in [0.25, 0.3) is 0 Å². The first-order chi connectivity index (χ1) is 9.06. The van der Waals surface area contributed by atoms with Gasteiger partial charge in [-0.05, 0) is 17.8 Å². The lowest BCUT2D eigenvalue weighted by Crippen LogP contribution is -2.27. The Hall–Kier alpha value is -1.19. The van der Waals surface area contributed by atoms with Gasteiger partial charge in [0.05, 0.1) is 10.7 Å². The average molecular weight is 272 g/mol. The monoisotopic (exact) mass is 272 g/mol. The van der Waals surface area contributed by atoms with Crippen LogP contribution in [0, 0.1) is 11.3 Å². The summed E-state index contributed by atoms with van der Waals surface area (Å²) in [7, 11) is 0. The van der Waals surface area contributed by atoms with Crippen LogP contribution in [0.2, 0.25) is 0 Å². The van der Waals surface area contributed by atoms with Gasteiger partial charge in [0.2, 0.25) is 0 Å². The summed E-state index contributed by atoms with van der Waals surface area (Å²) in [5, 5.41) is 3.30. The number of hydrogen-bond acceptors (Lipinski definition) is 3. The summed E-state index contributed by atoms with van der Waals surface area (Å²) in [6.07, 6.45) is 2.16. The third-order valence-electron chi connectivity index (χ3n) is 4.14. The molecule has 100 valence electrons. The Labute approximate surface area is 118 Å². The number of rotatable bonds is 4. The number of benzene rings is 1. The van der Waals surface area contributed by atoms with E-state index >= 15 is 0 Å². The number of hydrogen-bond donors (Lipinski definition) is 1. The molecule has 0 spiro atoms. The minimum Gasteiger partial charge on any atom is -0.327 e. The summed E-state index contributed by atoms with van der Waals surface area (Å²) in [4.78, 5) is 4.72. The smallest absolute Gasteiger partial charge is 0.0948 e. The van der Waals surface area contributed by atoms with Crippen LogP contribution in [0.3, 0.4) is 0 Å². The molecule has 1 aliphatic rings. The number of aromatic nitrogens is 1. The van der Waals surface area contributed by atoms with E-state index in [9.17, 15) is 0 Å². The highest BCUT2D eigenvalue weighted by Gasteiger charge is 2.48. The van der Waals surface area contributed by atoms with Crippen molar-refractivity contribution in [1.82, 2.24) is 4.98 Å². The molecule has 0 radical (unpaired) electrons. The molecule has 3 heteroatoms. The van der Waals surface area contributed by atoms with Crippen LogP contribution in [0.25, 0.3) is 11.3 Å². The zero-order valence-electron chi connectivity index (χ0n) is 11.5. The SMILES string of the molecule is CC1(C)CC1C(N)Cc1nc(-c2ccccc2)cs1. The molecule has 1 saturated carbocycles. The van der Waals surface area contributed by atoms with Gasteiger partial charge in [-0.1, -0.05) is 44.2 Å². The fourth-order valence-corrected chi connectivity index (χ4v) is 3.60. The van der Waals surface area contributed by atoms with Crippen LogP contribution in [-0.4, -0.2) is 11.0 Å². The minimum absolute atomic E-state index is 0.254. The van der Waals surface area contributed by atoms with Crippen LogP contribution in [-0.2, 0) is 6.42 Å². The number of thiazole rings is 1. The Kier molecular flexibility index (Phi) is 3.19. The van der Waals surface area contributed by atoms with Crippen molar-refractivity contribution in [2.45, 2.75) is 32.7 Å². The Balaban J connectivity index is 1.69. The van der Waals surface area contributed by atoms with Crippen molar-refractivity contribution in [3.05, 3.63) is 40.7 Å². The average Bonchev–Trinajstić information content (AvgIpc) is 2.84. The molecule has 0 amide bonds. The lowest BCUT2D eigenvalue weighted by Gasteiger charge is -2.11. The van der Waals surface area contributed by atoms with E-state index in [2.05, 4.69) is 31.4 Å². The van der Waals surface area contributed by atoms with Gasteiger partial charge in [0, 0.05) is 23.4 Å². The van der Waals surface area contributed by atoms with Gasteiger partial charge in [-0.25, -0.2) is 4.98 Å². The van der Waals surface area contributed by atoms with Crippen molar-refractivity contribution in [1.29, 1.82) is 0 Å². The molecule has 2 atom stereocenters. The van der Waals surface area contributed by atoms with Crippen LogP contribution in [0.1, 0.15) is 25.3 Å². The normalized spacial score (nSPS) is 22.2. The van der Waals surface area contributed by atoms with Crippen LogP contribution < -0.4 is 5.73 Å².